The number of rotatable bonds is 6. The van der Waals surface area contributed by atoms with Crippen molar-refractivity contribution in [1.82, 2.24) is 14.7 Å². The van der Waals surface area contributed by atoms with E-state index in [9.17, 15) is 4.79 Å². The molecule has 1 rings (SSSR count). The van der Waals surface area contributed by atoms with Gasteiger partial charge in [-0.1, -0.05) is 6.08 Å². The van der Waals surface area contributed by atoms with Gasteiger partial charge in [-0.2, -0.15) is 5.10 Å². The van der Waals surface area contributed by atoms with Crippen molar-refractivity contribution in [2.45, 2.75) is 26.8 Å². The topological polar surface area (TPSA) is 58.4 Å². The summed E-state index contributed by atoms with van der Waals surface area (Å²) in [5.41, 5.74) is 3.11. The molecule has 0 aliphatic carbocycles. The second kappa shape index (κ2) is 5.82. The Kier molecular flexibility index (Phi) is 4.67. The molecule has 0 saturated heterocycles. The van der Waals surface area contributed by atoms with Crippen molar-refractivity contribution in [3.8, 4) is 0 Å². The molecular weight excluding hydrogens is 230 g/mol. The average Bonchev–Trinajstić information content (AvgIpc) is 2.51. The maximum atomic E-state index is 10.9. The van der Waals surface area contributed by atoms with Gasteiger partial charge in [-0.15, -0.1) is 6.58 Å². The third-order valence-corrected chi connectivity index (χ3v) is 3.23. The zero-order chi connectivity index (χ0) is 13.9. The fourth-order valence-corrected chi connectivity index (χ4v) is 2.28. The predicted octanol–water partition coefficient (Wildman–Crippen LogP) is 1.67. The van der Waals surface area contributed by atoms with Gasteiger partial charge in [0.2, 0.25) is 0 Å². The number of carboxylic acid groups (broad SMARTS) is 1. The summed E-state index contributed by atoms with van der Waals surface area (Å²) in [7, 11) is 1.90. The van der Waals surface area contributed by atoms with E-state index in [1.54, 1.807) is 6.08 Å². The van der Waals surface area contributed by atoms with Crippen molar-refractivity contribution >= 4 is 5.97 Å². The van der Waals surface area contributed by atoms with Crippen molar-refractivity contribution in [3.63, 3.8) is 0 Å². The Morgan fingerprint density at radius 2 is 2.22 bits per heavy atom. The molecule has 5 heteroatoms. The Labute approximate surface area is 108 Å². The Morgan fingerprint density at radius 3 is 2.61 bits per heavy atom. The molecule has 0 aromatic carbocycles. The van der Waals surface area contributed by atoms with E-state index in [2.05, 4.69) is 11.7 Å². The van der Waals surface area contributed by atoms with Gasteiger partial charge >= 0.3 is 5.97 Å². The zero-order valence-electron chi connectivity index (χ0n) is 11.5. The van der Waals surface area contributed by atoms with E-state index in [0.29, 0.717) is 6.54 Å². The lowest BCUT2D eigenvalue weighted by molar-refractivity contribution is -0.138. The van der Waals surface area contributed by atoms with Crippen molar-refractivity contribution < 1.29 is 9.90 Å². The highest BCUT2D eigenvalue weighted by Crippen LogP contribution is 2.25. The summed E-state index contributed by atoms with van der Waals surface area (Å²) in [6.45, 7) is 10.2. The monoisotopic (exact) mass is 251 g/mol. The lowest BCUT2D eigenvalue weighted by atomic mass is 10.0. The summed E-state index contributed by atoms with van der Waals surface area (Å²) >= 11 is 0. The van der Waals surface area contributed by atoms with Crippen LogP contribution in [0.25, 0.3) is 0 Å². The zero-order valence-corrected chi connectivity index (χ0v) is 11.5. The minimum absolute atomic E-state index is 0.000953. The van der Waals surface area contributed by atoms with Gasteiger partial charge in [0.25, 0.3) is 0 Å². The highest BCUT2D eigenvalue weighted by molar-refractivity contribution is 5.69. The Morgan fingerprint density at radius 1 is 1.61 bits per heavy atom. The SMILES string of the molecule is C=CCN(CC(=O)O)C(C)c1c(C)nn(C)c1C. The minimum Gasteiger partial charge on any atom is -0.480 e. The van der Waals surface area contributed by atoms with Crippen LogP contribution in [0.4, 0.5) is 0 Å². The number of nitrogens with zero attached hydrogens (tertiary/aromatic N) is 3. The van der Waals surface area contributed by atoms with Gasteiger partial charge < -0.3 is 5.11 Å². The number of aliphatic carboxylic acids is 1. The Hall–Kier alpha value is -1.62. The van der Waals surface area contributed by atoms with Crippen LogP contribution in [0.5, 0.6) is 0 Å². The predicted molar refractivity (Wildman–Crippen MR) is 70.5 cm³/mol. The largest absolute Gasteiger partial charge is 0.480 e. The molecule has 18 heavy (non-hydrogen) atoms. The first-order valence-corrected chi connectivity index (χ1v) is 5.95. The molecule has 1 atom stereocenters. The summed E-state index contributed by atoms with van der Waals surface area (Å²) in [6.07, 6.45) is 1.72. The second-order valence-electron chi connectivity index (χ2n) is 4.50. The third-order valence-electron chi connectivity index (χ3n) is 3.23. The summed E-state index contributed by atoms with van der Waals surface area (Å²) in [6, 6.07) is 0.00722. The molecule has 0 bridgehead atoms. The standard InChI is InChI=1S/C13H21N3O2/c1-6-7-16(8-12(17)18)11(4)13-9(2)14-15(5)10(13)3/h6,11H,1,7-8H2,2-5H3,(H,17,18). The van der Waals surface area contributed by atoms with Crippen LogP contribution < -0.4 is 0 Å². The van der Waals surface area contributed by atoms with Crippen molar-refractivity contribution in [2.75, 3.05) is 13.1 Å². The third kappa shape index (κ3) is 2.98. The Bertz CT molecular complexity index is 451. The average molecular weight is 251 g/mol. The van der Waals surface area contributed by atoms with Crippen LogP contribution in [0.2, 0.25) is 0 Å². The van der Waals surface area contributed by atoms with Crippen LogP contribution in [-0.4, -0.2) is 38.8 Å². The summed E-state index contributed by atoms with van der Waals surface area (Å²) in [5, 5.41) is 13.3. The van der Waals surface area contributed by atoms with Crippen LogP contribution in [0.15, 0.2) is 12.7 Å². The molecule has 0 saturated carbocycles. The van der Waals surface area contributed by atoms with Crippen molar-refractivity contribution in [1.29, 1.82) is 0 Å². The molecule has 1 aromatic rings. The summed E-state index contributed by atoms with van der Waals surface area (Å²) in [5.74, 6) is -0.831. The molecular formula is C13H21N3O2. The second-order valence-corrected chi connectivity index (χ2v) is 4.50. The van der Waals surface area contributed by atoms with E-state index in [0.717, 1.165) is 17.0 Å². The maximum Gasteiger partial charge on any atom is 0.317 e. The molecule has 0 aliphatic heterocycles. The fraction of sp³-hybridized carbons (Fsp3) is 0.538. The summed E-state index contributed by atoms with van der Waals surface area (Å²) in [4.78, 5) is 12.8. The van der Waals surface area contributed by atoms with E-state index in [1.807, 2.05) is 37.4 Å². The molecule has 0 amide bonds. The van der Waals surface area contributed by atoms with E-state index >= 15 is 0 Å². The normalized spacial score (nSPS) is 12.7. The van der Waals surface area contributed by atoms with Crippen LogP contribution in [0, 0.1) is 13.8 Å². The lowest BCUT2D eigenvalue weighted by Gasteiger charge is -2.26. The fourth-order valence-electron chi connectivity index (χ4n) is 2.28. The lowest BCUT2D eigenvalue weighted by Crippen LogP contribution is -2.33. The first-order chi connectivity index (χ1) is 8.38. The number of aryl methyl sites for hydroxylation is 2. The number of hydrogen-bond acceptors (Lipinski definition) is 3. The first kappa shape index (κ1) is 14.4. The number of carboxylic acids is 1. The number of hydrogen-bond donors (Lipinski definition) is 1. The quantitative estimate of drug-likeness (QED) is 0.781. The van der Waals surface area contributed by atoms with E-state index in [4.69, 9.17) is 5.11 Å². The van der Waals surface area contributed by atoms with Gasteiger partial charge in [-0.3, -0.25) is 14.4 Å². The van der Waals surface area contributed by atoms with E-state index in [-0.39, 0.29) is 12.6 Å². The van der Waals surface area contributed by atoms with Gasteiger partial charge in [0, 0.05) is 30.9 Å². The molecule has 0 radical (unpaired) electrons. The van der Waals surface area contributed by atoms with Gasteiger partial charge in [0.05, 0.1) is 12.2 Å². The maximum absolute atomic E-state index is 10.9. The molecule has 0 fully saturated rings. The van der Waals surface area contributed by atoms with Crippen LogP contribution in [0.1, 0.15) is 29.9 Å². The van der Waals surface area contributed by atoms with E-state index < -0.39 is 5.97 Å². The molecule has 100 valence electrons. The molecule has 1 aromatic heterocycles. The van der Waals surface area contributed by atoms with E-state index in [1.165, 1.54) is 0 Å². The van der Waals surface area contributed by atoms with Gasteiger partial charge in [0.15, 0.2) is 0 Å². The van der Waals surface area contributed by atoms with Crippen LogP contribution >= 0.6 is 0 Å². The van der Waals surface area contributed by atoms with Gasteiger partial charge in [-0.25, -0.2) is 0 Å². The number of carbonyl (C=O) groups is 1. The summed E-state index contributed by atoms with van der Waals surface area (Å²) < 4.78 is 1.83. The molecule has 5 nitrogen and oxygen atoms in total. The smallest absolute Gasteiger partial charge is 0.317 e. The molecule has 1 heterocycles. The highest BCUT2D eigenvalue weighted by atomic mass is 16.4. The molecule has 1 N–H and O–H groups in total. The van der Waals surface area contributed by atoms with Crippen molar-refractivity contribution in [3.05, 3.63) is 29.6 Å². The highest BCUT2D eigenvalue weighted by Gasteiger charge is 2.23. The van der Waals surface area contributed by atoms with Gasteiger partial charge in [-0.05, 0) is 20.8 Å². The molecule has 0 spiro atoms. The van der Waals surface area contributed by atoms with Gasteiger partial charge in [0.1, 0.15) is 0 Å². The minimum atomic E-state index is -0.831. The number of aromatic nitrogens is 2. The van der Waals surface area contributed by atoms with Crippen molar-refractivity contribution in [2.24, 2.45) is 7.05 Å². The molecule has 0 aliphatic rings. The van der Waals surface area contributed by atoms with Crippen LogP contribution in [0.3, 0.4) is 0 Å². The molecule has 1 unspecified atom stereocenters. The first-order valence-electron chi connectivity index (χ1n) is 5.95. The Balaban J connectivity index is 3.04. The van der Waals surface area contributed by atoms with Crippen LogP contribution in [-0.2, 0) is 11.8 Å².